The molecule has 0 saturated heterocycles. The Morgan fingerprint density at radius 2 is 2.46 bits per heavy atom. The van der Waals surface area contributed by atoms with Gasteiger partial charge in [-0.3, -0.25) is 9.48 Å². The van der Waals surface area contributed by atoms with Crippen LogP contribution in [0.15, 0.2) is 17.1 Å². The van der Waals surface area contributed by atoms with Gasteiger partial charge in [-0.1, -0.05) is 0 Å². The Kier molecular flexibility index (Phi) is 1.43. The molecule has 0 atom stereocenters. The van der Waals surface area contributed by atoms with Crippen LogP contribution >= 0.6 is 0 Å². The standard InChI is InChI=1S/C8H6N4O/c1-12-7-2-5(3-9)8(13)11-6(7)4-10-12/h2,4H,1H3,(H,11,13). The minimum absolute atomic E-state index is 0.108. The highest BCUT2D eigenvalue weighted by Gasteiger charge is 2.04. The first-order valence-corrected chi connectivity index (χ1v) is 3.67. The van der Waals surface area contributed by atoms with Crippen molar-refractivity contribution in [3.63, 3.8) is 0 Å². The third-order valence-electron chi connectivity index (χ3n) is 1.88. The molecule has 0 aromatic carbocycles. The van der Waals surface area contributed by atoms with Crippen molar-refractivity contribution in [3.05, 3.63) is 28.2 Å². The summed E-state index contributed by atoms with van der Waals surface area (Å²) in [7, 11) is 1.75. The van der Waals surface area contributed by atoms with Crippen molar-refractivity contribution in [3.8, 4) is 6.07 Å². The zero-order valence-corrected chi connectivity index (χ0v) is 6.90. The van der Waals surface area contributed by atoms with Crippen LogP contribution in [0, 0.1) is 11.3 Å². The zero-order chi connectivity index (χ0) is 9.42. The SMILES string of the molecule is Cn1ncc2[nH]c(=O)c(C#N)cc21. The highest BCUT2D eigenvalue weighted by atomic mass is 16.1. The predicted octanol–water partition coefficient (Wildman–Crippen LogP) is 0.133. The van der Waals surface area contributed by atoms with Crippen molar-refractivity contribution in [1.82, 2.24) is 14.8 Å². The van der Waals surface area contributed by atoms with Gasteiger partial charge in [0.05, 0.1) is 17.2 Å². The smallest absolute Gasteiger partial charge is 0.266 e. The maximum absolute atomic E-state index is 11.2. The van der Waals surface area contributed by atoms with E-state index in [1.165, 1.54) is 6.07 Å². The van der Waals surface area contributed by atoms with E-state index in [4.69, 9.17) is 5.26 Å². The van der Waals surface area contributed by atoms with Crippen molar-refractivity contribution in [1.29, 1.82) is 5.26 Å². The fourth-order valence-electron chi connectivity index (χ4n) is 1.19. The average molecular weight is 174 g/mol. The number of fused-ring (bicyclic) bond motifs is 1. The lowest BCUT2D eigenvalue weighted by Crippen LogP contribution is -2.09. The number of nitrogens with zero attached hydrogens (tertiary/aromatic N) is 3. The molecule has 5 nitrogen and oxygen atoms in total. The number of nitrogens with one attached hydrogen (secondary N) is 1. The molecule has 0 aliphatic carbocycles. The van der Waals surface area contributed by atoms with Crippen molar-refractivity contribution < 1.29 is 0 Å². The topological polar surface area (TPSA) is 74.5 Å². The van der Waals surface area contributed by atoms with Gasteiger partial charge < -0.3 is 4.98 Å². The molecular weight excluding hydrogens is 168 g/mol. The number of aryl methyl sites for hydroxylation is 1. The number of rotatable bonds is 0. The first-order valence-electron chi connectivity index (χ1n) is 3.67. The van der Waals surface area contributed by atoms with Gasteiger partial charge in [-0.25, -0.2) is 0 Å². The molecule has 5 heteroatoms. The molecule has 2 aromatic heterocycles. The van der Waals surface area contributed by atoms with E-state index in [-0.39, 0.29) is 11.1 Å². The molecule has 0 fully saturated rings. The summed E-state index contributed by atoms with van der Waals surface area (Å²) in [5.74, 6) is 0. The fourth-order valence-corrected chi connectivity index (χ4v) is 1.19. The van der Waals surface area contributed by atoms with Crippen LogP contribution in [0.25, 0.3) is 11.0 Å². The van der Waals surface area contributed by atoms with E-state index in [9.17, 15) is 4.79 Å². The molecule has 1 N–H and O–H groups in total. The number of aromatic amines is 1. The Labute approximate surface area is 73.2 Å². The normalized spacial score (nSPS) is 10.2. The third kappa shape index (κ3) is 0.999. The van der Waals surface area contributed by atoms with E-state index in [1.807, 2.05) is 6.07 Å². The van der Waals surface area contributed by atoms with Crippen LogP contribution < -0.4 is 5.56 Å². The molecule has 0 unspecified atom stereocenters. The molecule has 0 aliphatic rings. The summed E-state index contributed by atoms with van der Waals surface area (Å²) in [4.78, 5) is 13.7. The Balaban J connectivity index is 2.95. The lowest BCUT2D eigenvalue weighted by Gasteiger charge is -1.93. The number of hydrogen-bond donors (Lipinski definition) is 1. The first kappa shape index (κ1) is 7.55. The van der Waals surface area contributed by atoms with E-state index >= 15 is 0 Å². The number of aromatic nitrogens is 3. The molecule has 2 rings (SSSR count). The highest BCUT2D eigenvalue weighted by molar-refractivity contribution is 5.75. The maximum atomic E-state index is 11.2. The average Bonchev–Trinajstić information content (AvgIpc) is 2.46. The van der Waals surface area contributed by atoms with E-state index in [0.717, 1.165) is 5.52 Å². The Bertz CT molecular complexity index is 558. The van der Waals surface area contributed by atoms with Gasteiger partial charge in [0.1, 0.15) is 11.6 Å². The number of H-pyrrole nitrogens is 1. The molecular formula is C8H6N4O. The predicted molar refractivity (Wildman–Crippen MR) is 46.0 cm³/mol. The summed E-state index contributed by atoms with van der Waals surface area (Å²) < 4.78 is 1.60. The highest BCUT2D eigenvalue weighted by Crippen LogP contribution is 2.07. The van der Waals surface area contributed by atoms with Gasteiger partial charge in [-0.05, 0) is 6.07 Å². The van der Waals surface area contributed by atoms with Gasteiger partial charge in [0.2, 0.25) is 0 Å². The minimum atomic E-state index is -0.372. The van der Waals surface area contributed by atoms with Crippen LogP contribution in [0.3, 0.4) is 0 Å². The fraction of sp³-hybridized carbons (Fsp3) is 0.125. The Morgan fingerprint density at radius 3 is 3.15 bits per heavy atom. The number of pyridine rings is 1. The molecule has 0 spiro atoms. The molecule has 0 amide bonds. The molecule has 2 heterocycles. The van der Waals surface area contributed by atoms with Gasteiger partial charge in [-0.2, -0.15) is 10.4 Å². The van der Waals surface area contributed by atoms with Crippen molar-refractivity contribution >= 4 is 11.0 Å². The molecule has 0 saturated carbocycles. The lowest BCUT2D eigenvalue weighted by molar-refractivity contribution is 0.796. The monoisotopic (exact) mass is 174 g/mol. The molecule has 0 bridgehead atoms. The van der Waals surface area contributed by atoms with Crippen LogP contribution in [-0.4, -0.2) is 14.8 Å². The van der Waals surface area contributed by atoms with Crippen molar-refractivity contribution in [2.45, 2.75) is 0 Å². The van der Waals surface area contributed by atoms with E-state index in [0.29, 0.717) is 5.52 Å². The summed E-state index contributed by atoms with van der Waals surface area (Å²) in [6, 6.07) is 3.35. The van der Waals surface area contributed by atoms with E-state index in [1.54, 1.807) is 17.9 Å². The maximum Gasteiger partial charge on any atom is 0.266 e. The quantitative estimate of drug-likeness (QED) is 0.617. The van der Waals surface area contributed by atoms with Crippen molar-refractivity contribution in [2.24, 2.45) is 7.05 Å². The summed E-state index contributed by atoms with van der Waals surface area (Å²) >= 11 is 0. The van der Waals surface area contributed by atoms with Gasteiger partial charge in [0.25, 0.3) is 5.56 Å². The second kappa shape index (κ2) is 2.45. The third-order valence-corrected chi connectivity index (χ3v) is 1.88. The summed E-state index contributed by atoms with van der Waals surface area (Å²) in [5, 5.41) is 12.6. The van der Waals surface area contributed by atoms with E-state index < -0.39 is 0 Å². The Morgan fingerprint density at radius 1 is 1.69 bits per heavy atom. The second-order valence-corrected chi connectivity index (χ2v) is 2.69. The molecule has 64 valence electrons. The van der Waals surface area contributed by atoms with Crippen LogP contribution in [-0.2, 0) is 7.05 Å². The van der Waals surface area contributed by atoms with Gasteiger partial charge >= 0.3 is 0 Å². The summed E-state index contributed by atoms with van der Waals surface area (Å²) in [6.45, 7) is 0. The van der Waals surface area contributed by atoms with E-state index in [2.05, 4.69) is 10.1 Å². The molecule has 13 heavy (non-hydrogen) atoms. The molecule has 0 radical (unpaired) electrons. The largest absolute Gasteiger partial charge is 0.318 e. The molecule has 2 aromatic rings. The molecule has 0 aliphatic heterocycles. The summed E-state index contributed by atoms with van der Waals surface area (Å²) in [5.41, 5.74) is 1.13. The van der Waals surface area contributed by atoms with Crippen molar-refractivity contribution in [2.75, 3.05) is 0 Å². The first-order chi connectivity index (χ1) is 6.22. The second-order valence-electron chi connectivity index (χ2n) is 2.69. The van der Waals surface area contributed by atoms with Gasteiger partial charge in [0.15, 0.2) is 0 Å². The van der Waals surface area contributed by atoms with Crippen LogP contribution in [0.2, 0.25) is 0 Å². The summed E-state index contributed by atoms with van der Waals surface area (Å²) in [6.07, 6.45) is 1.55. The van der Waals surface area contributed by atoms with Gasteiger partial charge in [0, 0.05) is 7.05 Å². The Hall–Kier alpha value is -2.09. The van der Waals surface area contributed by atoms with Crippen LogP contribution in [0.4, 0.5) is 0 Å². The van der Waals surface area contributed by atoms with Gasteiger partial charge in [-0.15, -0.1) is 0 Å². The number of hydrogen-bond acceptors (Lipinski definition) is 3. The minimum Gasteiger partial charge on any atom is -0.318 e. The lowest BCUT2D eigenvalue weighted by atomic mass is 10.3. The van der Waals surface area contributed by atoms with Crippen LogP contribution in [0.1, 0.15) is 5.56 Å². The number of nitriles is 1. The zero-order valence-electron chi connectivity index (χ0n) is 6.90. The van der Waals surface area contributed by atoms with Crippen LogP contribution in [0.5, 0.6) is 0 Å².